The first-order chi connectivity index (χ1) is 9.50. The molecule has 1 fully saturated rings. The number of furan rings is 1. The summed E-state index contributed by atoms with van der Waals surface area (Å²) in [5.41, 5.74) is -0.359. The van der Waals surface area contributed by atoms with Crippen LogP contribution in [-0.2, 0) is 23.9 Å². The second-order valence-electron chi connectivity index (χ2n) is 4.95. The molecule has 7 nitrogen and oxygen atoms in total. The average Bonchev–Trinajstić information content (AvgIpc) is 3.09. The highest BCUT2D eigenvalue weighted by Gasteiger charge is 2.50. The van der Waals surface area contributed by atoms with Crippen LogP contribution in [0, 0.1) is 0 Å². The number of nitrogens with one attached hydrogen (secondary N) is 1. The standard InChI is InChI=1S/C13H14N4O3/c1-13(10-4-3-5-20-10)11(18)17(12(19)15-13)8-9-6-14-16(2)7-9/h3-7H,8H2,1-2H3,(H,15,19)/t13-/m0/s1. The maximum Gasteiger partial charge on any atom is 0.325 e. The van der Waals surface area contributed by atoms with Crippen LogP contribution in [0.25, 0.3) is 0 Å². The molecule has 3 rings (SSSR count). The molecular weight excluding hydrogens is 260 g/mol. The summed E-state index contributed by atoms with van der Waals surface area (Å²) >= 11 is 0. The number of hydrogen-bond donors (Lipinski definition) is 1. The summed E-state index contributed by atoms with van der Waals surface area (Å²) in [5.74, 6) is 0.0887. The third-order valence-corrected chi connectivity index (χ3v) is 3.39. The van der Waals surface area contributed by atoms with Gasteiger partial charge in [-0.05, 0) is 19.1 Å². The number of aryl methyl sites for hydroxylation is 1. The minimum Gasteiger partial charge on any atom is -0.466 e. The third kappa shape index (κ3) is 1.78. The zero-order valence-corrected chi connectivity index (χ0v) is 11.2. The molecule has 2 aromatic heterocycles. The van der Waals surface area contributed by atoms with Crippen molar-refractivity contribution >= 4 is 11.9 Å². The van der Waals surface area contributed by atoms with E-state index in [0.29, 0.717) is 5.76 Å². The van der Waals surface area contributed by atoms with Crippen molar-refractivity contribution in [1.29, 1.82) is 0 Å². The first-order valence-corrected chi connectivity index (χ1v) is 6.16. The van der Waals surface area contributed by atoms with Crippen LogP contribution in [0.5, 0.6) is 0 Å². The molecule has 0 radical (unpaired) electrons. The Morgan fingerprint density at radius 2 is 2.25 bits per heavy atom. The van der Waals surface area contributed by atoms with Crippen LogP contribution in [0.3, 0.4) is 0 Å². The molecule has 2 aromatic rings. The fourth-order valence-electron chi connectivity index (χ4n) is 2.31. The maximum absolute atomic E-state index is 12.5. The molecule has 104 valence electrons. The van der Waals surface area contributed by atoms with Gasteiger partial charge in [0.2, 0.25) is 0 Å². The zero-order valence-electron chi connectivity index (χ0n) is 11.2. The molecule has 0 spiro atoms. The summed E-state index contributed by atoms with van der Waals surface area (Å²) in [6.07, 6.45) is 4.87. The number of rotatable bonds is 3. The van der Waals surface area contributed by atoms with E-state index in [4.69, 9.17) is 4.42 Å². The number of imide groups is 1. The normalized spacial score (nSPS) is 22.4. The van der Waals surface area contributed by atoms with E-state index in [2.05, 4.69) is 10.4 Å². The molecule has 1 saturated heterocycles. The SMILES string of the molecule is Cn1cc(CN2C(=O)N[C@@](C)(c3ccco3)C2=O)cn1. The molecule has 20 heavy (non-hydrogen) atoms. The lowest BCUT2D eigenvalue weighted by Gasteiger charge is -2.18. The topological polar surface area (TPSA) is 80.4 Å². The van der Waals surface area contributed by atoms with E-state index in [9.17, 15) is 9.59 Å². The highest BCUT2D eigenvalue weighted by atomic mass is 16.3. The minimum atomic E-state index is -1.15. The van der Waals surface area contributed by atoms with Crippen molar-refractivity contribution in [3.63, 3.8) is 0 Å². The van der Waals surface area contributed by atoms with Crippen LogP contribution in [0.1, 0.15) is 18.2 Å². The zero-order chi connectivity index (χ0) is 14.3. The van der Waals surface area contributed by atoms with Crippen molar-refractivity contribution in [1.82, 2.24) is 20.0 Å². The minimum absolute atomic E-state index is 0.189. The number of amides is 3. The van der Waals surface area contributed by atoms with Crippen LogP contribution in [0.2, 0.25) is 0 Å². The van der Waals surface area contributed by atoms with Gasteiger partial charge in [0.05, 0.1) is 19.0 Å². The van der Waals surface area contributed by atoms with Crippen LogP contribution in [0.15, 0.2) is 35.2 Å². The van der Waals surface area contributed by atoms with Gasteiger partial charge >= 0.3 is 6.03 Å². The molecule has 1 N–H and O–H groups in total. The molecule has 1 atom stereocenters. The van der Waals surface area contributed by atoms with Crippen molar-refractivity contribution in [2.24, 2.45) is 7.05 Å². The predicted octanol–water partition coefficient (Wildman–Crippen LogP) is 0.980. The monoisotopic (exact) mass is 274 g/mol. The lowest BCUT2D eigenvalue weighted by molar-refractivity contribution is -0.132. The van der Waals surface area contributed by atoms with Gasteiger partial charge in [-0.25, -0.2) is 4.79 Å². The Kier molecular flexibility index (Phi) is 2.63. The number of carbonyl (C=O) groups excluding carboxylic acids is 2. The quantitative estimate of drug-likeness (QED) is 0.846. The van der Waals surface area contributed by atoms with Crippen molar-refractivity contribution in [3.05, 3.63) is 42.1 Å². The molecule has 7 heteroatoms. The Hall–Kier alpha value is -2.57. The fraction of sp³-hybridized carbons (Fsp3) is 0.308. The third-order valence-electron chi connectivity index (χ3n) is 3.39. The van der Waals surface area contributed by atoms with Gasteiger partial charge < -0.3 is 9.73 Å². The maximum atomic E-state index is 12.5. The smallest absolute Gasteiger partial charge is 0.325 e. The van der Waals surface area contributed by atoms with Crippen LogP contribution in [-0.4, -0.2) is 26.6 Å². The second-order valence-corrected chi connectivity index (χ2v) is 4.95. The first-order valence-electron chi connectivity index (χ1n) is 6.16. The largest absolute Gasteiger partial charge is 0.466 e. The van der Waals surface area contributed by atoms with Crippen LogP contribution >= 0.6 is 0 Å². The summed E-state index contributed by atoms with van der Waals surface area (Å²) < 4.78 is 6.89. The Morgan fingerprint density at radius 3 is 2.85 bits per heavy atom. The van der Waals surface area contributed by atoms with E-state index < -0.39 is 11.6 Å². The molecule has 3 amide bonds. The lowest BCUT2D eigenvalue weighted by atomic mass is 9.99. The van der Waals surface area contributed by atoms with E-state index >= 15 is 0 Å². The first kappa shape index (κ1) is 12.5. The second kappa shape index (κ2) is 4.22. The molecule has 3 heterocycles. The molecule has 0 saturated carbocycles. The summed E-state index contributed by atoms with van der Waals surface area (Å²) in [4.78, 5) is 25.7. The van der Waals surface area contributed by atoms with E-state index in [-0.39, 0.29) is 12.5 Å². The molecule has 1 aliphatic rings. The van der Waals surface area contributed by atoms with Gasteiger partial charge in [-0.15, -0.1) is 0 Å². The van der Waals surface area contributed by atoms with E-state index in [1.165, 1.54) is 11.2 Å². The van der Waals surface area contributed by atoms with Crippen molar-refractivity contribution in [2.45, 2.75) is 19.0 Å². The highest BCUT2D eigenvalue weighted by Crippen LogP contribution is 2.29. The van der Waals surface area contributed by atoms with Gasteiger partial charge in [-0.2, -0.15) is 5.10 Å². The molecule has 1 aliphatic heterocycles. The van der Waals surface area contributed by atoms with E-state index in [1.807, 2.05) is 0 Å². The van der Waals surface area contributed by atoms with Crippen LogP contribution < -0.4 is 5.32 Å². The van der Waals surface area contributed by atoms with Gasteiger partial charge in [0, 0.05) is 18.8 Å². The lowest BCUT2D eigenvalue weighted by Crippen LogP contribution is -2.40. The Morgan fingerprint density at radius 1 is 1.45 bits per heavy atom. The number of aromatic nitrogens is 2. The van der Waals surface area contributed by atoms with E-state index in [0.717, 1.165) is 5.56 Å². The highest BCUT2D eigenvalue weighted by molar-refractivity contribution is 6.06. The Balaban J connectivity index is 1.87. The summed E-state index contributed by atoms with van der Waals surface area (Å²) in [6.45, 7) is 1.82. The molecule has 0 aromatic carbocycles. The summed E-state index contributed by atoms with van der Waals surface area (Å²) in [6, 6.07) is 2.92. The fourth-order valence-corrected chi connectivity index (χ4v) is 2.31. The van der Waals surface area contributed by atoms with Gasteiger partial charge in [0.15, 0.2) is 5.54 Å². The average molecular weight is 274 g/mol. The van der Waals surface area contributed by atoms with Gasteiger partial charge in [0.25, 0.3) is 5.91 Å². The van der Waals surface area contributed by atoms with Crippen molar-refractivity contribution in [2.75, 3.05) is 0 Å². The molecule has 0 unspecified atom stereocenters. The van der Waals surface area contributed by atoms with Gasteiger partial charge in [-0.1, -0.05) is 0 Å². The van der Waals surface area contributed by atoms with Crippen molar-refractivity contribution in [3.8, 4) is 0 Å². The molecular formula is C13H14N4O3. The number of carbonyl (C=O) groups is 2. The summed E-state index contributed by atoms with van der Waals surface area (Å²) in [5, 5.41) is 6.70. The van der Waals surface area contributed by atoms with Crippen LogP contribution in [0.4, 0.5) is 4.79 Å². The Labute approximate surface area is 115 Å². The number of nitrogens with zero attached hydrogens (tertiary/aromatic N) is 3. The molecule has 0 aliphatic carbocycles. The number of hydrogen-bond acceptors (Lipinski definition) is 4. The van der Waals surface area contributed by atoms with E-state index in [1.54, 1.807) is 43.2 Å². The summed E-state index contributed by atoms with van der Waals surface area (Å²) in [7, 11) is 1.78. The van der Waals surface area contributed by atoms with Crippen molar-refractivity contribution < 1.29 is 14.0 Å². The number of urea groups is 1. The predicted molar refractivity (Wildman–Crippen MR) is 68.3 cm³/mol. The Bertz CT molecular complexity index is 661. The van der Waals surface area contributed by atoms with Gasteiger partial charge in [0.1, 0.15) is 5.76 Å². The van der Waals surface area contributed by atoms with Gasteiger partial charge in [-0.3, -0.25) is 14.4 Å². The molecule has 0 bridgehead atoms.